The number of rotatable bonds is 5. The molecule has 3 nitrogen and oxygen atoms in total. The van der Waals surface area contributed by atoms with E-state index in [1.165, 1.54) is 12.8 Å². The van der Waals surface area contributed by atoms with Crippen LogP contribution in [0.5, 0.6) is 5.75 Å². The van der Waals surface area contributed by atoms with Gasteiger partial charge in [-0.15, -0.1) is 0 Å². The highest BCUT2D eigenvalue weighted by Gasteiger charge is 2.15. The van der Waals surface area contributed by atoms with E-state index in [0.29, 0.717) is 18.2 Å². The fourth-order valence-corrected chi connectivity index (χ4v) is 2.17. The minimum atomic E-state index is -0.427. The van der Waals surface area contributed by atoms with Gasteiger partial charge in [-0.3, -0.25) is 0 Å². The molecule has 0 aliphatic carbocycles. The van der Waals surface area contributed by atoms with E-state index in [9.17, 15) is 5.11 Å². The van der Waals surface area contributed by atoms with Gasteiger partial charge < -0.3 is 14.7 Å². The SMILES string of the molecule is O[C@@H](COc1ccc(Cl)cc1)CN1CCCC1. The predicted molar refractivity (Wildman–Crippen MR) is 68.6 cm³/mol. The van der Waals surface area contributed by atoms with Gasteiger partial charge in [-0.1, -0.05) is 11.6 Å². The van der Waals surface area contributed by atoms with Crippen molar-refractivity contribution < 1.29 is 9.84 Å². The molecule has 1 atom stereocenters. The summed E-state index contributed by atoms with van der Waals surface area (Å²) in [6.45, 7) is 3.22. The summed E-state index contributed by atoms with van der Waals surface area (Å²) in [4.78, 5) is 2.27. The molecule has 0 spiro atoms. The summed E-state index contributed by atoms with van der Waals surface area (Å²) >= 11 is 5.78. The van der Waals surface area contributed by atoms with Crippen LogP contribution < -0.4 is 4.74 Å². The highest BCUT2D eigenvalue weighted by molar-refractivity contribution is 6.30. The van der Waals surface area contributed by atoms with E-state index < -0.39 is 6.10 Å². The maximum Gasteiger partial charge on any atom is 0.119 e. The normalized spacial score (nSPS) is 18.2. The Balaban J connectivity index is 1.71. The first kappa shape index (κ1) is 12.7. The van der Waals surface area contributed by atoms with E-state index in [1.807, 2.05) is 12.1 Å². The van der Waals surface area contributed by atoms with Gasteiger partial charge in [0.15, 0.2) is 0 Å². The maximum atomic E-state index is 9.83. The van der Waals surface area contributed by atoms with E-state index in [2.05, 4.69) is 4.90 Å². The van der Waals surface area contributed by atoms with Crippen LogP contribution in [0.4, 0.5) is 0 Å². The van der Waals surface area contributed by atoms with E-state index in [4.69, 9.17) is 16.3 Å². The van der Waals surface area contributed by atoms with Crippen LogP contribution in [0.25, 0.3) is 0 Å². The molecule has 2 rings (SSSR count). The number of hydrogen-bond donors (Lipinski definition) is 1. The van der Waals surface area contributed by atoms with Crippen LogP contribution in [-0.2, 0) is 0 Å². The first-order valence-electron chi connectivity index (χ1n) is 6.03. The quantitative estimate of drug-likeness (QED) is 0.875. The van der Waals surface area contributed by atoms with Gasteiger partial charge >= 0.3 is 0 Å². The fraction of sp³-hybridized carbons (Fsp3) is 0.538. The summed E-state index contributed by atoms with van der Waals surface area (Å²) in [5, 5.41) is 10.5. The van der Waals surface area contributed by atoms with Crippen LogP contribution >= 0.6 is 11.6 Å². The number of aliphatic hydroxyl groups is 1. The van der Waals surface area contributed by atoms with Crippen molar-refractivity contribution >= 4 is 11.6 Å². The lowest BCUT2D eigenvalue weighted by atomic mass is 10.3. The third kappa shape index (κ3) is 4.19. The second kappa shape index (κ2) is 6.24. The van der Waals surface area contributed by atoms with Gasteiger partial charge in [0, 0.05) is 11.6 Å². The van der Waals surface area contributed by atoms with Crippen LogP contribution in [0, 0.1) is 0 Å². The number of benzene rings is 1. The van der Waals surface area contributed by atoms with Crippen LogP contribution in [0.1, 0.15) is 12.8 Å². The lowest BCUT2D eigenvalue weighted by Gasteiger charge is -2.19. The van der Waals surface area contributed by atoms with Crippen molar-refractivity contribution in [2.75, 3.05) is 26.2 Å². The summed E-state index contributed by atoms with van der Waals surface area (Å²) < 4.78 is 5.50. The number of halogens is 1. The van der Waals surface area contributed by atoms with Gasteiger partial charge in [-0.05, 0) is 50.2 Å². The molecule has 17 heavy (non-hydrogen) atoms. The molecule has 0 unspecified atom stereocenters. The smallest absolute Gasteiger partial charge is 0.119 e. The number of hydrogen-bond acceptors (Lipinski definition) is 3. The number of β-amino-alcohol motifs (C(OH)–C–C–N with tert-alkyl or cyclic N) is 1. The largest absolute Gasteiger partial charge is 0.491 e. The van der Waals surface area contributed by atoms with Crippen molar-refractivity contribution in [2.45, 2.75) is 18.9 Å². The van der Waals surface area contributed by atoms with Gasteiger partial charge in [0.2, 0.25) is 0 Å². The Hall–Kier alpha value is -0.770. The zero-order chi connectivity index (χ0) is 12.1. The molecule has 0 saturated carbocycles. The summed E-state index contributed by atoms with van der Waals surface area (Å²) in [6, 6.07) is 7.18. The summed E-state index contributed by atoms with van der Waals surface area (Å²) in [7, 11) is 0. The van der Waals surface area contributed by atoms with Crippen molar-refractivity contribution in [1.82, 2.24) is 4.90 Å². The number of ether oxygens (including phenoxy) is 1. The minimum absolute atomic E-state index is 0.331. The summed E-state index contributed by atoms with van der Waals surface area (Å²) in [5.41, 5.74) is 0. The van der Waals surface area contributed by atoms with Gasteiger partial charge in [0.25, 0.3) is 0 Å². The van der Waals surface area contributed by atoms with Gasteiger partial charge in [0.1, 0.15) is 18.5 Å². The molecule has 1 aromatic carbocycles. The van der Waals surface area contributed by atoms with Crippen molar-refractivity contribution in [2.24, 2.45) is 0 Å². The molecule has 1 fully saturated rings. The second-order valence-electron chi connectivity index (χ2n) is 4.43. The zero-order valence-electron chi connectivity index (χ0n) is 9.81. The van der Waals surface area contributed by atoms with Crippen LogP contribution in [-0.4, -0.2) is 42.4 Å². The topological polar surface area (TPSA) is 32.7 Å². The molecule has 1 heterocycles. The third-order valence-corrected chi connectivity index (χ3v) is 3.18. The van der Waals surface area contributed by atoms with Crippen LogP contribution in [0.3, 0.4) is 0 Å². The molecule has 94 valence electrons. The highest BCUT2D eigenvalue weighted by atomic mass is 35.5. The van der Waals surface area contributed by atoms with Crippen LogP contribution in [0.15, 0.2) is 24.3 Å². The second-order valence-corrected chi connectivity index (χ2v) is 4.86. The van der Waals surface area contributed by atoms with Gasteiger partial charge in [0.05, 0.1) is 0 Å². The molecular weight excluding hydrogens is 238 g/mol. The Morgan fingerprint density at radius 2 is 1.88 bits per heavy atom. The first-order valence-corrected chi connectivity index (χ1v) is 6.40. The number of nitrogens with zero attached hydrogens (tertiary/aromatic N) is 1. The Morgan fingerprint density at radius 3 is 2.53 bits per heavy atom. The molecule has 0 bridgehead atoms. The van der Waals surface area contributed by atoms with Crippen molar-refractivity contribution in [3.63, 3.8) is 0 Å². The number of likely N-dealkylation sites (tertiary alicyclic amines) is 1. The number of aliphatic hydroxyl groups excluding tert-OH is 1. The van der Waals surface area contributed by atoms with Gasteiger partial charge in [-0.25, -0.2) is 0 Å². The van der Waals surface area contributed by atoms with Gasteiger partial charge in [-0.2, -0.15) is 0 Å². The van der Waals surface area contributed by atoms with E-state index >= 15 is 0 Å². The minimum Gasteiger partial charge on any atom is -0.491 e. The molecular formula is C13H18ClNO2. The lowest BCUT2D eigenvalue weighted by Crippen LogP contribution is -2.33. The standard InChI is InChI=1S/C13H18ClNO2/c14-11-3-5-13(6-4-11)17-10-12(16)9-15-7-1-2-8-15/h3-6,12,16H,1-2,7-10H2/t12-/m1/s1. The molecule has 1 N–H and O–H groups in total. The Morgan fingerprint density at radius 1 is 1.24 bits per heavy atom. The molecule has 1 saturated heterocycles. The monoisotopic (exact) mass is 255 g/mol. The molecule has 0 aromatic heterocycles. The molecule has 4 heteroatoms. The average Bonchev–Trinajstić information content (AvgIpc) is 2.81. The lowest BCUT2D eigenvalue weighted by molar-refractivity contribution is 0.0758. The maximum absolute atomic E-state index is 9.83. The van der Waals surface area contributed by atoms with E-state index in [-0.39, 0.29) is 0 Å². The molecule has 1 aromatic rings. The van der Waals surface area contributed by atoms with Crippen LogP contribution in [0.2, 0.25) is 5.02 Å². The molecule has 0 radical (unpaired) electrons. The zero-order valence-corrected chi connectivity index (χ0v) is 10.6. The molecule has 1 aliphatic heterocycles. The van der Waals surface area contributed by atoms with Crippen molar-refractivity contribution in [1.29, 1.82) is 0 Å². The van der Waals surface area contributed by atoms with Crippen molar-refractivity contribution in [3.8, 4) is 5.75 Å². The Labute approximate surface area is 107 Å². The van der Waals surface area contributed by atoms with E-state index in [0.717, 1.165) is 18.8 Å². The molecule has 0 amide bonds. The Kier molecular flexibility index (Phi) is 4.66. The summed E-state index contributed by atoms with van der Waals surface area (Å²) in [6.07, 6.45) is 2.05. The average molecular weight is 256 g/mol. The Bertz CT molecular complexity index is 336. The first-order chi connectivity index (χ1) is 8.24. The summed E-state index contributed by atoms with van der Waals surface area (Å²) in [5.74, 6) is 0.745. The fourth-order valence-electron chi connectivity index (χ4n) is 2.04. The predicted octanol–water partition coefficient (Wildman–Crippen LogP) is 2.18. The highest BCUT2D eigenvalue weighted by Crippen LogP contribution is 2.16. The molecule has 1 aliphatic rings. The third-order valence-electron chi connectivity index (χ3n) is 2.92. The van der Waals surface area contributed by atoms with E-state index in [1.54, 1.807) is 12.1 Å². The van der Waals surface area contributed by atoms with Crippen molar-refractivity contribution in [3.05, 3.63) is 29.3 Å².